The largest absolute Gasteiger partial charge is 0.491 e. The van der Waals surface area contributed by atoms with Crippen LogP contribution in [0.15, 0.2) is 82.5 Å². The van der Waals surface area contributed by atoms with Gasteiger partial charge in [0.05, 0.1) is 27.8 Å². The van der Waals surface area contributed by atoms with Crippen LogP contribution in [0.25, 0.3) is 10.2 Å². The van der Waals surface area contributed by atoms with Crippen LogP contribution in [0.2, 0.25) is 0 Å². The van der Waals surface area contributed by atoms with Gasteiger partial charge in [-0.1, -0.05) is 53.8 Å². The van der Waals surface area contributed by atoms with E-state index in [-0.39, 0.29) is 15.9 Å². The van der Waals surface area contributed by atoms with Crippen molar-refractivity contribution in [1.82, 2.24) is 9.29 Å². The number of benzene rings is 3. The smallest absolute Gasteiger partial charge is 0.308 e. The normalized spacial score (nSPS) is 11.9. The summed E-state index contributed by atoms with van der Waals surface area (Å²) >= 11 is 1.06. The van der Waals surface area contributed by atoms with Gasteiger partial charge in [-0.15, -0.1) is 0 Å². The van der Waals surface area contributed by atoms with Crippen LogP contribution in [-0.4, -0.2) is 25.6 Å². The molecule has 1 aromatic heterocycles. The number of aryl methyl sites for hydroxylation is 1. The molecule has 0 spiro atoms. The molecule has 0 bridgehead atoms. The number of fused-ring (bicyclic) bond motifs is 1. The Labute approximate surface area is 203 Å². The van der Waals surface area contributed by atoms with Gasteiger partial charge >= 0.3 is 4.87 Å². The number of hydrogen-bond acceptors (Lipinski definition) is 5. The molecular weight excluding hydrogens is 468 g/mol. The van der Waals surface area contributed by atoms with Crippen molar-refractivity contribution in [2.24, 2.45) is 0 Å². The van der Waals surface area contributed by atoms with E-state index in [0.717, 1.165) is 40.2 Å². The fraction of sp³-hybridized carbons (Fsp3) is 0.269. The molecule has 6 nitrogen and oxygen atoms in total. The lowest BCUT2D eigenvalue weighted by Gasteiger charge is -2.11. The van der Waals surface area contributed by atoms with Gasteiger partial charge in [0.15, 0.2) is 0 Å². The SMILES string of the molecule is CC(C)Oc1cccc(CCCNS(=O)(=O)c2ccc3c(c2)sc(=O)n3Cc2ccccc2)c1. The number of sulfonamides is 1. The highest BCUT2D eigenvalue weighted by Crippen LogP contribution is 2.23. The number of rotatable bonds is 10. The van der Waals surface area contributed by atoms with E-state index < -0.39 is 10.0 Å². The number of ether oxygens (including phenoxy) is 1. The molecule has 0 fully saturated rings. The molecule has 0 aliphatic heterocycles. The first-order valence-electron chi connectivity index (χ1n) is 11.2. The second kappa shape index (κ2) is 10.5. The fourth-order valence-corrected chi connectivity index (χ4v) is 5.86. The van der Waals surface area contributed by atoms with Crippen molar-refractivity contribution >= 4 is 31.6 Å². The minimum Gasteiger partial charge on any atom is -0.491 e. The topological polar surface area (TPSA) is 77.4 Å². The van der Waals surface area contributed by atoms with Crippen molar-refractivity contribution in [3.8, 4) is 5.75 Å². The molecule has 0 radical (unpaired) electrons. The van der Waals surface area contributed by atoms with Gasteiger partial charge in [-0.05, 0) is 68.1 Å². The standard InChI is InChI=1S/C26H28N2O4S2/c1-19(2)32-22-12-6-10-20(16-22)11-7-15-27-34(30,31)23-13-14-24-25(17-23)33-26(29)28(24)18-21-8-4-3-5-9-21/h3-6,8-10,12-14,16-17,19,27H,7,11,15,18H2,1-2H3. The predicted octanol–water partition coefficient (Wildman–Crippen LogP) is 4.81. The summed E-state index contributed by atoms with van der Waals surface area (Å²) < 4.78 is 36.4. The zero-order valence-corrected chi connectivity index (χ0v) is 20.9. The molecule has 178 valence electrons. The van der Waals surface area contributed by atoms with Gasteiger partial charge in [0, 0.05) is 6.54 Å². The van der Waals surface area contributed by atoms with Gasteiger partial charge in [-0.2, -0.15) is 0 Å². The van der Waals surface area contributed by atoms with E-state index in [0.29, 0.717) is 24.2 Å². The van der Waals surface area contributed by atoms with Crippen LogP contribution in [0, 0.1) is 0 Å². The van der Waals surface area contributed by atoms with Crippen LogP contribution in [0.4, 0.5) is 0 Å². The lowest BCUT2D eigenvalue weighted by Crippen LogP contribution is -2.25. The van der Waals surface area contributed by atoms with Gasteiger partial charge in [-0.3, -0.25) is 9.36 Å². The molecule has 34 heavy (non-hydrogen) atoms. The molecule has 0 atom stereocenters. The summed E-state index contributed by atoms with van der Waals surface area (Å²) in [5.74, 6) is 0.819. The summed E-state index contributed by atoms with van der Waals surface area (Å²) in [4.78, 5) is 12.6. The minimum atomic E-state index is -3.67. The van der Waals surface area contributed by atoms with Crippen molar-refractivity contribution < 1.29 is 13.2 Å². The lowest BCUT2D eigenvalue weighted by atomic mass is 10.1. The zero-order chi connectivity index (χ0) is 24.1. The van der Waals surface area contributed by atoms with E-state index in [4.69, 9.17) is 4.74 Å². The highest BCUT2D eigenvalue weighted by atomic mass is 32.2. The first-order chi connectivity index (χ1) is 16.3. The van der Waals surface area contributed by atoms with Crippen molar-refractivity contribution in [1.29, 1.82) is 0 Å². The maximum absolute atomic E-state index is 12.8. The average molecular weight is 497 g/mol. The van der Waals surface area contributed by atoms with Crippen molar-refractivity contribution in [2.75, 3.05) is 6.54 Å². The van der Waals surface area contributed by atoms with Crippen LogP contribution < -0.4 is 14.3 Å². The molecule has 0 unspecified atom stereocenters. The van der Waals surface area contributed by atoms with E-state index in [9.17, 15) is 13.2 Å². The van der Waals surface area contributed by atoms with E-state index in [1.54, 1.807) is 22.8 Å². The Morgan fingerprint density at radius 3 is 2.50 bits per heavy atom. The summed E-state index contributed by atoms with van der Waals surface area (Å²) in [6.07, 6.45) is 1.50. The molecule has 8 heteroatoms. The Bertz CT molecular complexity index is 1420. The van der Waals surface area contributed by atoms with Gasteiger partial charge in [-0.25, -0.2) is 13.1 Å². The summed E-state index contributed by atoms with van der Waals surface area (Å²) in [5, 5.41) is 0. The molecule has 4 rings (SSSR count). The summed E-state index contributed by atoms with van der Waals surface area (Å²) in [6.45, 7) is 4.74. The number of thiazole rings is 1. The molecular formula is C26H28N2O4S2. The third kappa shape index (κ3) is 5.94. The third-order valence-electron chi connectivity index (χ3n) is 5.34. The molecule has 0 saturated heterocycles. The number of aromatic nitrogens is 1. The molecule has 4 aromatic rings. The highest BCUT2D eigenvalue weighted by Gasteiger charge is 2.16. The Hall–Kier alpha value is -2.94. The molecule has 0 amide bonds. The first kappa shape index (κ1) is 24.2. The molecule has 0 aliphatic rings. The van der Waals surface area contributed by atoms with Crippen molar-refractivity contribution in [3.05, 3.63) is 93.6 Å². The van der Waals surface area contributed by atoms with E-state index >= 15 is 0 Å². The molecule has 0 saturated carbocycles. The van der Waals surface area contributed by atoms with Gasteiger partial charge in [0.2, 0.25) is 10.0 Å². The van der Waals surface area contributed by atoms with Crippen LogP contribution in [0.3, 0.4) is 0 Å². The van der Waals surface area contributed by atoms with Crippen LogP contribution >= 0.6 is 11.3 Å². The third-order valence-corrected chi connectivity index (χ3v) is 7.74. The second-order valence-electron chi connectivity index (χ2n) is 8.38. The highest BCUT2D eigenvalue weighted by molar-refractivity contribution is 7.89. The van der Waals surface area contributed by atoms with Gasteiger partial charge in [0.25, 0.3) is 0 Å². The van der Waals surface area contributed by atoms with Crippen molar-refractivity contribution in [3.63, 3.8) is 0 Å². The number of hydrogen-bond donors (Lipinski definition) is 1. The van der Waals surface area contributed by atoms with Crippen LogP contribution in [0.1, 0.15) is 31.4 Å². The first-order valence-corrected chi connectivity index (χ1v) is 13.5. The Morgan fingerprint density at radius 2 is 1.74 bits per heavy atom. The number of nitrogens with zero attached hydrogens (tertiary/aromatic N) is 1. The molecule has 1 heterocycles. The maximum atomic E-state index is 12.8. The van der Waals surface area contributed by atoms with Crippen molar-refractivity contribution in [2.45, 2.75) is 44.2 Å². The summed E-state index contributed by atoms with van der Waals surface area (Å²) in [5.41, 5.74) is 2.86. The quantitative estimate of drug-likeness (QED) is 0.320. The number of nitrogens with one attached hydrogen (secondary N) is 1. The maximum Gasteiger partial charge on any atom is 0.308 e. The predicted molar refractivity (Wildman–Crippen MR) is 137 cm³/mol. The van der Waals surface area contributed by atoms with Gasteiger partial charge in [0.1, 0.15) is 5.75 Å². The Kier molecular flexibility index (Phi) is 7.50. The fourth-order valence-electron chi connectivity index (χ4n) is 3.76. The average Bonchev–Trinajstić information content (AvgIpc) is 3.11. The minimum absolute atomic E-state index is 0.105. The monoisotopic (exact) mass is 496 g/mol. The molecule has 1 N–H and O–H groups in total. The Balaban J connectivity index is 1.41. The van der Waals surface area contributed by atoms with E-state index in [2.05, 4.69) is 4.72 Å². The Morgan fingerprint density at radius 1 is 0.971 bits per heavy atom. The second-order valence-corrected chi connectivity index (χ2v) is 11.1. The zero-order valence-electron chi connectivity index (χ0n) is 19.2. The van der Waals surface area contributed by atoms with Crippen LogP contribution in [0.5, 0.6) is 5.75 Å². The molecule has 0 aliphatic carbocycles. The summed E-state index contributed by atoms with van der Waals surface area (Å²) in [7, 11) is -3.67. The van der Waals surface area contributed by atoms with E-state index in [1.165, 1.54) is 0 Å². The summed E-state index contributed by atoms with van der Waals surface area (Å²) in [6, 6.07) is 22.4. The van der Waals surface area contributed by atoms with Crippen LogP contribution in [-0.2, 0) is 23.0 Å². The van der Waals surface area contributed by atoms with E-state index in [1.807, 2.05) is 68.4 Å². The lowest BCUT2D eigenvalue weighted by molar-refractivity contribution is 0.242. The molecule has 3 aromatic carbocycles. The van der Waals surface area contributed by atoms with Gasteiger partial charge < -0.3 is 4.74 Å².